The number of hydrogen-bond acceptors (Lipinski definition) is 6. The van der Waals surface area contributed by atoms with Crippen LogP contribution in [-0.4, -0.2) is 37.3 Å². The SMILES string of the molecule is NC1=NC=NC2C3=C(CNC3)N(c3ccc(Oc4ccccc4)cc3)C12. The van der Waals surface area contributed by atoms with Crippen LogP contribution in [0.1, 0.15) is 0 Å². The topological polar surface area (TPSA) is 75.2 Å². The Kier molecular flexibility index (Phi) is 3.50. The minimum atomic E-state index is -0.0343. The lowest BCUT2D eigenvalue weighted by molar-refractivity contribution is 0.482. The molecule has 3 heterocycles. The van der Waals surface area contributed by atoms with Crippen LogP contribution in [0.25, 0.3) is 0 Å². The van der Waals surface area contributed by atoms with Crippen molar-refractivity contribution in [2.75, 3.05) is 18.0 Å². The van der Waals surface area contributed by atoms with E-state index in [1.807, 2.05) is 42.5 Å². The van der Waals surface area contributed by atoms with E-state index in [0.29, 0.717) is 5.84 Å². The molecule has 26 heavy (non-hydrogen) atoms. The zero-order chi connectivity index (χ0) is 17.5. The molecule has 2 aromatic carbocycles. The van der Waals surface area contributed by atoms with Gasteiger partial charge >= 0.3 is 0 Å². The number of ether oxygens (including phenoxy) is 1. The first kappa shape index (κ1) is 15.2. The van der Waals surface area contributed by atoms with E-state index in [1.165, 1.54) is 11.3 Å². The Morgan fingerprint density at radius 1 is 1.00 bits per heavy atom. The molecule has 2 atom stereocenters. The van der Waals surface area contributed by atoms with Crippen molar-refractivity contribution in [2.24, 2.45) is 15.7 Å². The van der Waals surface area contributed by atoms with Crippen molar-refractivity contribution in [2.45, 2.75) is 12.1 Å². The van der Waals surface area contributed by atoms with Crippen molar-refractivity contribution in [1.82, 2.24) is 5.32 Å². The van der Waals surface area contributed by atoms with Gasteiger partial charge in [-0.3, -0.25) is 4.99 Å². The zero-order valence-corrected chi connectivity index (χ0v) is 14.2. The van der Waals surface area contributed by atoms with E-state index in [-0.39, 0.29) is 12.1 Å². The van der Waals surface area contributed by atoms with E-state index in [9.17, 15) is 0 Å². The molecule has 2 unspecified atom stereocenters. The van der Waals surface area contributed by atoms with Gasteiger partial charge in [-0.05, 0) is 42.0 Å². The third-order valence-corrected chi connectivity index (χ3v) is 5.03. The quantitative estimate of drug-likeness (QED) is 0.895. The summed E-state index contributed by atoms with van der Waals surface area (Å²) in [7, 11) is 0. The fraction of sp³-hybridized carbons (Fsp3) is 0.200. The third-order valence-electron chi connectivity index (χ3n) is 5.03. The van der Waals surface area contributed by atoms with E-state index in [1.54, 1.807) is 6.34 Å². The maximum Gasteiger partial charge on any atom is 0.127 e. The smallest absolute Gasteiger partial charge is 0.127 e. The van der Waals surface area contributed by atoms with Crippen LogP contribution in [0.5, 0.6) is 11.5 Å². The summed E-state index contributed by atoms with van der Waals surface area (Å²) in [6, 6.07) is 17.9. The van der Waals surface area contributed by atoms with E-state index in [2.05, 4.69) is 32.3 Å². The summed E-state index contributed by atoms with van der Waals surface area (Å²) >= 11 is 0. The lowest BCUT2D eigenvalue weighted by atomic mass is 10.0. The minimum Gasteiger partial charge on any atom is -0.457 e. The number of nitrogens with zero attached hydrogens (tertiary/aromatic N) is 3. The number of nitrogens with one attached hydrogen (secondary N) is 1. The van der Waals surface area contributed by atoms with E-state index in [0.717, 1.165) is 30.3 Å². The summed E-state index contributed by atoms with van der Waals surface area (Å²) in [6.45, 7) is 1.68. The summed E-state index contributed by atoms with van der Waals surface area (Å²) in [5.41, 5.74) is 9.87. The molecule has 0 fully saturated rings. The third kappa shape index (κ3) is 2.38. The Bertz CT molecular complexity index is 917. The van der Waals surface area contributed by atoms with Crippen molar-refractivity contribution < 1.29 is 4.74 Å². The van der Waals surface area contributed by atoms with Crippen LogP contribution in [0.4, 0.5) is 5.69 Å². The van der Waals surface area contributed by atoms with Gasteiger partial charge in [0.15, 0.2) is 0 Å². The Balaban J connectivity index is 1.45. The van der Waals surface area contributed by atoms with Crippen molar-refractivity contribution in [3.63, 3.8) is 0 Å². The van der Waals surface area contributed by atoms with E-state index >= 15 is 0 Å². The van der Waals surface area contributed by atoms with Crippen LogP contribution in [0, 0.1) is 0 Å². The normalized spacial score (nSPS) is 23.7. The van der Waals surface area contributed by atoms with E-state index in [4.69, 9.17) is 10.5 Å². The van der Waals surface area contributed by atoms with E-state index < -0.39 is 0 Å². The highest BCUT2D eigenvalue weighted by Gasteiger charge is 2.45. The van der Waals surface area contributed by atoms with Crippen molar-refractivity contribution in [3.05, 3.63) is 65.9 Å². The number of anilines is 1. The maximum atomic E-state index is 6.23. The Hall–Kier alpha value is -3.12. The Morgan fingerprint density at radius 3 is 2.58 bits per heavy atom. The molecular weight excluding hydrogens is 326 g/mol. The van der Waals surface area contributed by atoms with Gasteiger partial charge in [-0.25, -0.2) is 4.99 Å². The molecule has 0 aromatic heterocycles. The molecular formula is C20H19N5O. The second-order valence-corrected chi connectivity index (χ2v) is 6.56. The summed E-state index contributed by atoms with van der Waals surface area (Å²) < 4.78 is 5.90. The highest BCUT2D eigenvalue weighted by atomic mass is 16.5. The summed E-state index contributed by atoms with van der Waals surface area (Å²) in [6.07, 6.45) is 1.58. The highest BCUT2D eigenvalue weighted by Crippen LogP contribution is 2.39. The molecule has 6 heteroatoms. The lowest BCUT2D eigenvalue weighted by Gasteiger charge is -2.32. The fourth-order valence-electron chi connectivity index (χ4n) is 3.88. The number of rotatable bonds is 3. The molecule has 6 nitrogen and oxygen atoms in total. The molecule has 3 aliphatic rings. The molecule has 2 aromatic rings. The summed E-state index contributed by atoms with van der Waals surface area (Å²) in [5, 5.41) is 3.42. The number of para-hydroxylation sites is 1. The Labute approximate surface area is 151 Å². The van der Waals surface area contributed by atoms with Crippen molar-refractivity contribution >= 4 is 17.9 Å². The largest absolute Gasteiger partial charge is 0.457 e. The number of aliphatic imine (C=N–C) groups is 2. The first-order chi connectivity index (χ1) is 12.8. The number of benzene rings is 2. The van der Waals surface area contributed by atoms with Gasteiger partial charge in [0.05, 0.1) is 0 Å². The van der Waals surface area contributed by atoms with Crippen LogP contribution < -0.4 is 20.7 Å². The lowest BCUT2D eigenvalue weighted by Crippen LogP contribution is -2.50. The average Bonchev–Trinajstić information content (AvgIpc) is 3.25. The molecule has 0 bridgehead atoms. The second-order valence-electron chi connectivity index (χ2n) is 6.56. The van der Waals surface area contributed by atoms with Gasteiger partial charge in [-0.1, -0.05) is 18.2 Å². The van der Waals surface area contributed by atoms with Crippen LogP contribution in [-0.2, 0) is 0 Å². The fourth-order valence-corrected chi connectivity index (χ4v) is 3.88. The average molecular weight is 345 g/mol. The Morgan fingerprint density at radius 2 is 1.77 bits per heavy atom. The molecule has 0 amide bonds. The molecule has 130 valence electrons. The number of hydrogen-bond donors (Lipinski definition) is 2. The van der Waals surface area contributed by atoms with Crippen molar-refractivity contribution in [1.29, 1.82) is 0 Å². The van der Waals surface area contributed by atoms with Gasteiger partial charge in [0.1, 0.15) is 35.8 Å². The molecule has 0 saturated carbocycles. The molecule has 5 rings (SSSR count). The first-order valence-electron chi connectivity index (χ1n) is 8.71. The minimum absolute atomic E-state index is 0.0343. The summed E-state index contributed by atoms with van der Waals surface area (Å²) in [4.78, 5) is 11.1. The predicted molar refractivity (Wildman–Crippen MR) is 103 cm³/mol. The number of amidine groups is 1. The number of nitrogens with two attached hydrogens (primary N) is 1. The van der Waals surface area contributed by atoms with Crippen LogP contribution in [0.2, 0.25) is 0 Å². The van der Waals surface area contributed by atoms with Gasteiger partial charge in [0, 0.05) is 24.5 Å². The second kappa shape index (κ2) is 6.00. The van der Waals surface area contributed by atoms with Gasteiger partial charge in [-0.15, -0.1) is 0 Å². The molecule has 3 aliphatic heterocycles. The number of fused-ring (bicyclic) bond motifs is 2. The monoisotopic (exact) mass is 345 g/mol. The highest BCUT2D eigenvalue weighted by molar-refractivity contribution is 5.98. The van der Waals surface area contributed by atoms with Gasteiger partial charge in [0.25, 0.3) is 0 Å². The van der Waals surface area contributed by atoms with Crippen LogP contribution >= 0.6 is 0 Å². The predicted octanol–water partition coefficient (Wildman–Crippen LogP) is 2.29. The molecule has 0 spiro atoms. The van der Waals surface area contributed by atoms with Gasteiger partial charge in [-0.2, -0.15) is 0 Å². The molecule has 0 aliphatic carbocycles. The molecule has 0 saturated heterocycles. The zero-order valence-electron chi connectivity index (χ0n) is 14.2. The maximum absolute atomic E-state index is 6.23. The molecule has 3 N–H and O–H groups in total. The van der Waals surface area contributed by atoms with Gasteiger partial charge < -0.3 is 20.7 Å². The first-order valence-corrected chi connectivity index (χ1v) is 8.71. The van der Waals surface area contributed by atoms with Gasteiger partial charge in [0.2, 0.25) is 0 Å². The summed E-state index contributed by atoms with van der Waals surface area (Å²) in [5.74, 6) is 2.24. The van der Waals surface area contributed by atoms with Crippen molar-refractivity contribution in [3.8, 4) is 11.5 Å². The molecule has 0 radical (unpaired) electrons. The van der Waals surface area contributed by atoms with Crippen LogP contribution in [0.15, 0.2) is 75.9 Å². The van der Waals surface area contributed by atoms with Crippen LogP contribution in [0.3, 0.4) is 0 Å². The standard InChI is InChI=1S/C20H19N5O/c21-20-19-18(23-12-24-20)16-10-22-11-17(16)25(19)13-6-8-15(9-7-13)26-14-4-2-1-3-5-14/h1-9,12,18-19,22H,10-11H2,(H2,21,23,24).